The van der Waals surface area contributed by atoms with E-state index in [1.807, 2.05) is 0 Å². The maximum atomic E-state index is 14.3. The number of aryl methyl sites for hydroxylation is 2. The van der Waals surface area contributed by atoms with Crippen molar-refractivity contribution >= 4 is 38.5 Å². The molecule has 30 heavy (non-hydrogen) atoms. The molecular formula is C19H22FN5O4S. The fourth-order valence-corrected chi connectivity index (χ4v) is 4.13. The summed E-state index contributed by atoms with van der Waals surface area (Å²) >= 11 is 0. The van der Waals surface area contributed by atoms with E-state index in [2.05, 4.69) is 5.32 Å². The number of carbonyl (C=O) groups excluding carboxylic acids is 1. The predicted octanol–water partition coefficient (Wildman–Crippen LogP) is 1.27. The quantitative estimate of drug-likeness (QED) is 0.631. The number of carbonyl (C=O) groups is 1. The van der Waals surface area contributed by atoms with Gasteiger partial charge in [0.05, 0.1) is 16.7 Å². The van der Waals surface area contributed by atoms with E-state index in [0.29, 0.717) is 21.0 Å². The molecule has 0 unspecified atom stereocenters. The number of anilines is 2. The lowest BCUT2D eigenvalue weighted by atomic mass is 10.2. The molecule has 0 bridgehead atoms. The maximum absolute atomic E-state index is 14.3. The minimum Gasteiger partial charge on any atom is -0.324 e. The highest BCUT2D eigenvalue weighted by Crippen LogP contribution is 2.23. The van der Waals surface area contributed by atoms with Crippen molar-refractivity contribution in [2.45, 2.75) is 0 Å². The molecule has 11 heteroatoms. The Labute approximate surface area is 173 Å². The molecule has 0 radical (unpaired) electrons. The molecule has 160 valence electrons. The lowest BCUT2D eigenvalue weighted by Gasteiger charge is -2.27. The number of nitrogens with one attached hydrogen (secondary N) is 1. The summed E-state index contributed by atoms with van der Waals surface area (Å²) in [5.74, 6) is -1.43. The molecule has 0 aliphatic rings. The van der Waals surface area contributed by atoms with Crippen LogP contribution in [0.15, 0.2) is 47.3 Å². The Kier molecular flexibility index (Phi) is 5.68. The molecule has 1 N–H and O–H groups in total. The molecule has 9 nitrogen and oxygen atoms in total. The second kappa shape index (κ2) is 7.92. The highest BCUT2D eigenvalue weighted by atomic mass is 32.2. The van der Waals surface area contributed by atoms with Crippen molar-refractivity contribution in [2.75, 3.05) is 30.3 Å². The first kappa shape index (κ1) is 21.5. The second-order valence-corrected chi connectivity index (χ2v) is 8.97. The molecule has 0 aliphatic carbocycles. The van der Waals surface area contributed by atoms with Gasteiger partial charge in [-0.05, 0) is 30.3 Å². The third-order valence-electron chi connectivity index (χ3n) is 4.70. The average molecular weight is 435 g/mol. The molecular weight excluding hydrogens is 413 g/mol. The van der Waals surface area contributed by atoms with Gasteiger partial charge in [-0.15, -0.1) is 0 Å². The van der Waals surface area contributed by atoms with Gasteiger partial charge in [0.15, 0.2) is 0 Å². The number of hydrogen-bond donors (Lipinski definition) is 1. The summed E-state index contributed by atoms with van der Waals surface area (Å²) in [6, 6.07) is 10.2. The Balaban J connectivity index is 1.92. The number of imidazole rings is 1. The molecule has 0 atom stereocenters. The number of hydrogen-bond acceptors (Lipinski definition) is 4. The largest absolute Gasteiger partial charge is 0.328 e. The van der Waals surface area contributed by atoms with Crippen LogP contribution in [0.2, 0.25) is 0 Å². The molecule has 0 spiro atoms. The van der Waals surface area contributed by atoms with Gasteiger partial charge in [-0.3, -0.25) is 13.9 Å². The number of rotatable bonds is 6. The van der Waals surface area contributed by atoms with E-state index < -0.39 is 28.5 Å². The van der Waals surface area contributed by atoms with Gasteiger partial charge in [0.2, 0.25) is 5.91 Å². The highest BCUT2D eigenvalue weighted by Gasteiger charge is 2.29. The first-order valence-corrected chi connectivity index (χ1v) is 10.3. The third kappa shape index (κ3) is 3.81. The molecule has 0 aliphatic heterocycles. The van der Waals surface area contributed by atoms with Crippen molar-refractivity contribution in [3.05, 3.63) is 58.8 Å². The van der Waals surface area contributed by atoms with Crippen LogP contribution in [0.4, 0.5) is 15.8 Å². The summed E-state index contributed by atoms with van der Waals surface area (Å²) < 4.78 is 44.2. The van der Waals surface area contributed by atoms with E-state index in [4.69, 9.17) is 0 Å². The lowest BCUT2D eigenvalue weighted by molar-refractivity contribution is -0.114. The van der Waals surface area contributed by atoms with E-state index >= 15 is 0 Å². The number of benzene rings is 2. The first-order chi connectivity index (χ1) is 14.0. The second-order valence-electron chi connectivity index (χ2n) is 6.90. The average Bonchev–Trinajstić information content (AvgIpc) is 2.90. The Bertz CT molecular complexity index is 1280. The Morgan fingerprint density at radius 1 is 1.07 bits per heavy atom. The zero-order valence-corrected chi connectivity index (χ0v) is 17.8. The zero-order valence-electron chi connectivity index (χ0n) is 17.0. The number of halogens is 1. The molecule has 2 aromatic carbocycles. The van der Waals surface area contributed by atoms with Gasteiger partial charge in [0.25, 0.3) is 0 Å². The summed E-state index contributed by atoms with van der Waals surface area (Å²) in [7, 11) is 1.72. The molecule has 1 aromatic heterocycles. The van der Waals surface area contributed by atoms with E-state index in [9.17, 15) is 22.4 Å². The van der Waals surface area contributed by atoms with Crippen molar-refractivity contribution in [1.82, 2.24) is 13.4 Å². The van der Waals surface area contributed by atoms with Crippen LogP contribution < -0.4 is 15.3 Å². The van der Waals surface area contributed by atoms with E-state index in [-0.39, 0.29) is 11.4 Å². The Hall–Kier alpha value is -3.18. The van der Waals surface area contributed by atoms with E-state index in [1.54, 1.807) is 32.3 Å². The summed E-state index contributed by atoms with van der Waals surface area (Å²) in [5.41, 5.74) is 1.22. The van der Waals surface area contributed by atoms with Crippen LogP contribution in [-0.4, -0.2) is 48.4 Å². The van der Waals surface area contributed by atoms with E-state index in [0.717, 1.165) is 10.4 Å². The monoisotopic (exact) mass is 435 g/mol. The summed E-state index contributed by atoms with van der Waals surface area (Å²) in [5, 5.41) is 2.61. The van der Waals surface area contributed by atoms with Crippen LogP contribution in [0.1, 0.15) is 0 Å². The van der Waals surface area contributed by atoms with Gasteiger partial charge in [-0.2, -0.15) is 12.7 Å². The predicted molar refractivity (Wildman–Crippen MR) is 113 cm³/mol. The maximum Gasteiger partial charge on any atom is 0.328 e. The Morgan fingerprint density at radius 3 is 2.33 bits per heavy atom. The summed E-state index contributed by atoms with van der Waals surface area (Å²) in [4.78, 5) is 24.7. The van der Waals surface area contributed by atoms with Crippen molar-refractivity contribution < 1.29 is 17.6 Å². The first-order valence-electron chi connectivity index (χ1n) is 8.94. The smallest absolute Gasteiger partial charge is 0.324 e. The van der Waals surface area contributed by atoms with Gasteiger partial charge >= 0.3 is 15.9 Å². The number of nitrogens with zero attached hydrogens (tertiary/aromatic N) is 4. The van der Waals surface area contributed by atoms with Crippen LogP contribution in [0, 0.1) is 5.82 Å². The molecule has 1 heterocycles. The van der Waals surface area contributed by atoms with E-state index in [1.165, 1.54) is 41.4 Å². The number of amides is 1. The molecule has 0 saturated carbocycles. The third-order valence-corrected chi connectivity index (χ3v) is 6.51. The number of aromatic nitrogens is 2. The number of fused-ring (bicyclic) bond motifs is 1. The molecule has 0 fully saturated rings. The van der Waals surface area contributed by atoms with Gasteiger partial charge in [0.1, 0.15) is 12.4 Å². The standard InChI is InChI=1S/C19H22FN5O4S/c1-22(2)30(28,29)25(15-8-6-5-7-14(15)20)12-18(26)21-13-9-10-16-17(11-13)24(4)19(27)23(16)3/h5-11H,12H2,1-4H3,(H,21,26). The normalized spacial score (nSPS) is 11.8. The van der Waals surface area contributed by atoms with Crippen LogP contribution in [-0.2, 0) is 29.1 Å². The molecule has 1 amide bonds. The fourth-order valence-electron chi connectivity index (χ4n) is 3.06. The molecule has 0 saturated heterocycles. The highest BCUT2D eigenvalue weighted by molar-refractivity contribution is 7.90. The van der Waals surface area contributed by atoms with Gasteiger partial charge in [-0.25, -0.2) is 13.5 Å². The van der Waals surface area contributed by atoms with Gasteiger partial charge in [0, 0.05) is 33.9 Å². The van der Waals surface area contributed by atoms with Crippen LogP contribution in [0.5, 0.6) is 0 Å². The van der Waals surface area contributed by atoms with Gasteiger partial charge in [-0.1, -0.05) is 12.1 Å². The van der Waals surface area contributed by atoms with Crippen LogP contribution in [0.3, 0.4) is 0 Å². The molecule has 3 rings (SSSR count). The van der Waals surface area contributed by atoms with Crippen LogP contribution in [0.25, 0.3) is 11.0 Å². The topological polar surface area (TPSA) is 96.7 Å². The molecule has 3 aromatic rings. The van der Waals surface area contributed by atoms with Gasteiger partial charge < -0.3 is 5.32 Å². The minimum atomic E-state index is -4.13. The lowest BCUT2D eigenvalue weighted by Crippen LogP contribution is -2.44. The zero-order chi connectivity index (χ0) is 22.2. The van der Waals surface area contributed by atoms with Crippen molar-refractivity contribution in [3.63, 3.8) is 0 Å². The SMILES string of the molecule is CN(C)S(=O)(=O)N(CC(=O)Nc1ccc2c(c1)n(C)c(=O)n2C)c1ccccc1F. The fraction of sp³-hybridized carbons (Fsp3) is 0.263. The minimum absolute atomic E-state index is 0.212. The summed E-state index contributed by atoms with van der Waals surface area (Å²) in [6.45, 7) is -0.632. The van der Waals surface area contributed by atoms with Crippen molar-refractivity contribution in [3.8, 4) is 0 Å². The summed E-state index contributed by atoms with van der Waals surface area (Å²) in [6.07, 6.45) is 0. The van der Waals surface area contributed by atoms with Crippen molar-refractivity contribution in [2.24, 2.45) is 14.1 Å². The van der Waals surface area contributed by atoms with Crippen molar-refractivity contribution in [1.29, 1.82) is 0 Å². The number of para-hydroxylation sites is 1. The van der Waals surface area contributed by atoms with Crippen LogP contribution >= 0.6 is 0 Å². The Morgan fingerprint density at radius 2 is 1.70 bits per heavy atom.